The summed E-state index contributed by atoms with van der Waals surface area (Å²) in [5.41, 5.74) is 0. The molecule has 0 heterocycles. The molecule has 0 N–H and O–H groups in total. The van der Waals surface area contributed by atoms with Gasteiger partial charge in [0.2, 0.25) is 0 Å². The number of hydrogen-bond donors (Lipinski definition) is 0. The highest BCUT2D eigenvalue weighted by atomic mass is 16.6. The minimum absolute atomic E-state index is 0.0342. The van der Waals surface area contributed by atoms with Crippen LogP contribution in [0.25, 0.3) is 0 Å². The van der Waals surface area contributed by atoms with Crippen molar-refractivity contribution in [1.82, 2.24) is 0 Å². The first-order chi connectivity index (χ1) is 6.72. The molecule has 0 aromatic carbocycles. The molecule has 4 heteroatoms. The van der Waals surface area contributed by atoms with Crippen molar-refractivity contribution in [3.8, 4) is 0 Å². The van der Waals surface area contributed by atoms with Gasteiger partial charge in [-0.15, -0.1) is 0 Å². The van der Waals surface area contributed by atoms with Crippen molar-refractivity contribution < 1.29 is 19.0 Å². The van der Waals surface area contributed by atoms with E-state index < -0.39 is 5.97 Å². The van der Waals surface area contributed by atoms with Crippen LogP contribution in [-0.2, 0) is 19.0 Å². The third-order valence-electron chi connectivity index (χ3n) is 1.36. The summed E-state index contributed by atoms with van der Waals surface area (Å²) >= 11 is 0. The maximum Gasteiger partial charge on any atom is 0.372 e. The van der Waals surface area contributed by atoms with E-state index in [0.717, 1.165) is 6.42 Å². The topological polar surface area (TPSA) is 44.8 Å². The van der Waals surface area contributed by atoms with Gasteiger partial charge in [-0.05, 0) is 19.9 Å². The van der Waals surface area contributed by atoms with Crippen molar-refractivity contribution in [3.05, 3.63) is 12.3 Å². The minimum atomic E-state index is -0.511. The van der Waals surface area contributed by atoms with Gasteiger partial charge in [0.25, 0.3) is 0 Å². The van der Waals surface area contributed by atoms with Crippen molar-refractivity contribution in [2.24, 2.45) is 0 Å². The Balaban J connectivity index is 3.39. The molecule has 0 rings (SSSR count). The Bertz CT molecular complexity index is 177. The predicted molar refractivity (Wildman–Crippen MR) is 52.8 cm³/mol. The molecule has 0 aliphatic carbocycles. The van der Waals surface area contributed by atoms with Gasteiger partial charge in [-0.1, -0.05) is 6.92 Å². The summed E-state index contributed by atoms with van der Waals surface area (Å²) in [4.78, 5) is 11.0. The summed E-state index contributed by atoms with van der Waals surface area (Å²) in [6, 6.07) is 0. The summed E-state index contributed by atoms with van der Waals surface area (Å²) in [5, 5.41) is 0. The van der Waals surface area contributed by atoms with Crippen LogP contribution in [0.3, 0.4) is 0 Å². The van der Waals surface area contributed by atoms with Gasteiger partial charge in [0, 0.05) is 6.61 Å². The fourth-order valence-electron chi connectivity index (χ4n) is 0.741. The number of carbonyl (C=O) groups is 1. The first-order valence-electron chi connectivity index (χ1n) is 4.78. The highest BCUT2D eigenvalue weighted by Crippen LogP contribution is 1.97. The molecule has 0 aliphatic heterocycles. The Labute approximate surface area is 84.8 Å². The van der Waals surface area contributed by atoms with E-state index in [-0.39, 0.29) is 5.76 Å². The molecule has 0 saturated heterocycles. The number of carbonyl (C=O) groups excluding carboxylic acids is 1. The lowest BCUT2D eigenvalue weighted by Gasteiger charge is -2.07. The molecule has 0 bridgehead atoms. The molecule has 0 amide bonds. The Morgan fingerprint density at radius 3 is 2.43 bits per heavy atom. The van der Waals surface area contributed by atoms with E-state index in [2.05, 4.69) is 11.3 Å². The van der Waals surface area contributed by atoms with E-state index in [1.54, 1.807) is 6.92 Å². The molecule has 0 radical (unpaired) electrons. The zero-order valence-corrected chi connectivity index (χ0v) is 8.88. The van der Waals surface area contributed by atoms with Crippen LogP contribution in [0, 0.1) is 0 Å². The molecular formula is C10H18O4. The molecule has 0 aliphatic rings. The maximum atomic E-state index is 11.0. The molecule has 0 saturated carbocycles. The molecule has 0 aromatic rings. The van der Waals surface area contributed by atoms with Crippen molar-refractivity contribution in [2.75, 3.05) is 26.4 Å². The molecule has 0 unspecified atom stereocenters. The van der Waals surface area contributed by atoms with Gasteiger partial charge in [0.1, 0.15) is 6.61 Å². The number of ether oxygens (including phenoxy) is 3. The van der Waals surface area contributed by atoms with E-state index in [0.29, 0.717) is 26.4 Å². The second kappa shape index (κ2) is 8.56. The molecule has 0 aromatic heterocycles. The molecule has 0 fully saturated rings. The quantitative estimate of drug-likeness (QED) is 0.259. The van der Waals surface area contributed by atoms with E-state index in [9.17, 15) is 4.79 Å². The van der Waals surface area contributed by atoms with Crippen LogP contribution < -0.4 is 0 Å². The zero-order chi connectivity index (χ0) is 10.8. The lowest BCUT2D eigenvalue weighted by Crippen LogP contribution is -2.12. The van der Waals surface area contributed by atoms with Crippen LogP contribution in [0.5, 0.6) is 0 Å². The van der Waals surface area contributed by atoms with Gasteiger partial charge >= 0.3 is 5.97 Å². The van der Waals surface area contributed by atoms with Crippen LogP contribution in [-0.4, -0.2) is 32.4 Å². The predicted octanol–water partition coefficient (Wildman–Crippen LogP) is 1.51. The average molecular weight is 202 g/mol. The van der Waals surface area contributed by atoms with Crippen LogP contribution in [0.2, 0.25) is 0 Å². The van der Waals surface area contributed by atoms with Gasteiger partial charge in [-0.25, -0.2) is 4.79 Å². The third kappa shape index (κ3) is 6.48. The van der Waals surface area contributed by atoms with Gasteiger partial charge < -0.3 is 14.2 Å². The fraction of sp³-hybridized carbons (Fsp3) is 0.700. The van der Waals surface area contributed by atoms with Crippen molar-refractivity contribution in [3.63, 3.8) is 0 Å². The van der Waals surface area contributed by atoms with Gasteiger partial charge in [-0.2, -0.15) is 0 Å². The Hall–Kier alpha value is -1.03. The first-order valence-corrected chi connectivity index (χ1v) is 4.78. The molecule has 82 valence electrons. The molecule has 4 nitrogen and oxygen atoms in total. The molecular weight excluding hydrogens is 184 g/mol. The van der Waals surface area contributed by atoms with Crippen LogP contribution in [0.1, 0.15) is 20.3 Å². The summed E-state index contributed by atoms with van der Waals surface area (Å²) in [7, 11) is 0. The summed E-state index contributed by atoms with van der Waals surface area (Å²) < 4.78 is 14.8. The largest absolute Gasteiger partial charge is 0.485 e. The average Bonchev–Trinajstić information content (AvgIpc) is 2.17. The van der Waals surface area contributed by atoms with E-state index in [1.165, 1.54) is 0 Å². The van der Waals surface area contributed by atoms with Gasteiger partial charge in [-0.3, -0.25) is 0 Å². The smallest absolute Gasteiger partial charge is 0.372 e. The van der Waals surface area contributed by atoms with Crippen molar-refractivity contribution in [2.45, 2.75) is 20.3 Å². The Kier molecular flexibility index (Phi) is 7.93. The van der Waals surface area contributed by atoms with Gasteiger partial charge in [0.15, 0.2) is 5.76 Å². The second-order valence-corrected chi connectivity index (χ2v) is 2.60. The number of hydrogen-bond acceptors (Lipinski definition) is 4. The summed E-state index contributed by atoms with van der Waals surface area (Å²) in [6.45, 7) is 9.02. The minimum Gasteiger partial charge on any atom is -0.485 e. The lowest BCUT2D eigenvalue weighted by molar-refractivity contribution is -0.142. The summed E-state index contributed by atoms with van der Waals surface area (Å²) in [6.07, 6.45) is 0.971. The van der Waals surface area contributed by atoms with E-state index >= 15 is 0 Å². The maximum absolute atomic E-state index is 11.0. The zero-order valence-electron chi connectivity index (χ0n) is 8.88. The fourth-order valence-corrected chi connectivity index (χ4v) is 0.741. The monoisotopic (exact) mass is 202 g/mol. The summed E-state index contributed by atoms with van der Waals surface area (Å²) in [5.74, 6) is -0.477. The third-order valence-corrected chi connectivity index (χ3v) is 1.36. The lowest BCUT2D eigenvalue weighted by atomic mass is 10.5. The van der Waals surface area contributed by atoms with E-state index in [1.807, 2.05) is 6.92 Å². The first kappa shape index (κ1) is 13.0. The normalized spacial score (nSPS) is 9.57. The highest BCUT2D eigenvalue weighted by molar-refractivity contribution is 5.85. The van der Waals surface area contributed by atoms with E-state index in [4.69, 9.17) is 9.47 Å². The van der Waals surface area contributed by atoms with Crippen molar-refractivity contribution >= 4 is 5.97 Å². The van der Waals surface area contributed by atoms with Crippen LogP contribution >= 0.6 is 0 Å². The molecule has 0 atom stereocenters. The number of rotatable bonds is 8. The van der Waals surface area contributed by atoms with Crippen LogP contribution in [0.15, 0.2) is 12.3 Å². The van der Waals surface area contributed by atoms with Gasteiger partial charge in [0.05, 0.1) is 13.2 Å². The SMILES string of the molecule is C=C(OCCOCCC)C(=O)OCC. The Morgan fingerprint density at radius 1 is 1.14 bits per heavy atom. The Morgan fingerprint density at radius 2 is 1.86 bits per heavy atom. The molecule has 0 spiro atoms. The van der Waals surface area contributed by atoms with Crippen molar-refractivity contribution in [1.29, 1.82) is 0 Å². The highest BCUT2D eigenvalue weighted by Gasteiger charge is 2.07. The second-order valence-electron chi connectivity index (χ2n) is 2.60. The van der Waals surface area contributed by atoms with Crippen LogP contribution in [0.4, 0.5) is 0 Å². The number of esters is 1. The standard InChI is InChI=1S/C10H18O4/c1-4-6-12-7-8-14-9(3)10(11)13-5-2/h3-8H2,1-2H3. The molecule has 14 heavy (non-hydrogen) atoms.